The number of nitrogens with one attached hydrogen (secondary N) is 1. The molecule has 2 atom stereocenters. The molecule has 3 amide bonds. The monoisotopic (exact) mass is 470 g/mol. The number of rotatable bonds is 7. The highest BCUT2D eigenvalue weighted by Gasteiger charge is 2.49. The quantitative estimate of drug-likeness (QED) is 0.593. The third kappa shape index (κ3) is 5.32. The first-order chi connectivity index (χ1) is 16.3. The number of imide groups is 1. The van der Waals surface area contributed by atoms with Gasteiger partial charge in [0, 0.05) is 39.8 Å². The lowest BCUT2D eigenvalue weighted by Gasteiger charge is -2.40. The Morgan fingerprint density at radius 3 is 2.53 bits per heavy atom. The summed E-state index contributed by atoms with van der Waals surface area (Å²) >= 11 is 0. The summed E-state index contributed by atoms with van der Waals surface area (Å²) in [4.78, 5) is 49.8. The van der Waals surface area contributed by atoms with Crippen molar-refractivity contribution in [2.24, 2.45) is 10.9 Å². The van der Waals surface area contributed by atoms with E-state index in [1.54, 1.807) is 7.05 Å². The fraction of sp³-hybridized carbons (Fsp3) is 0.583. The van der Waals surface area contributed by atoms with Gasteiger partial charge in [-0.15, -0.1) is 0 Å². The fourth-order valence-electron chi connectivity index (χ4n) is 4.48. The average molecular weight is 471 g/mol. The molecule has 0 saturated carbocycles. The number of likely N-dealkylation sites (N-methyl/N-ethyl adjacent to an activating group) is 1. The van der Waals surface area contributed by atoms with Crippen molar-refractivity contribution in [3.05, 3.63) is 35.9 Å². The van der Waals surface area contributed by atoms with Crippen LogP contribution in [0.2, 0.25) is 0 Å². The molecule has 0 aromatic heterocycles. The van der Waals surface area contributed by atoms with E-state index in [9.17, 15) is 14.4 Å². The lowest BCUT2D eigenvalue weighted by Crippen LogP contribution is -2.64. The van der Waals surface area contributed by atoms with Gasteiger partial charge in [0.05, 0.1) is 6.54 Å². The summed E-state index contributed by atoms with van der Waals surface area (Å²) in [5.41, 5.74) is 0.968. The lowest BCUT2D eigenvalue weighted by atomic mass is 10.1. The van der Waals surface area contributed by atoms with Crippen LogP contribution in [0.5, 0.6) is 0 Å². The van der Waals surface area contributed by atoms with Crippen LogP contribution in [-0.4, -0.2) is 102 Å². The number of piperazine rings is 1. The molecule has 1 aromatic rings. The zero-order valence-corrected chi connectivity index (χ0v) is 20.1. The van der Waals surface area contributed by atoms with Gasteiger partial charge in [-0.25, -0.2) is 9.79 Å². The number of carbonyl (C=O) groups is 3. The van der Waals surface area contributed by atoms with Gasteiger partial charge in [-0.1, -0.05) is 44.2 Å². The summed E-state index contributed by atoms with van der Waals surface area (Å²) in [6.45, 7) is 8.25. The molecule has 0 spiro atoms. The first-order valence-electron chi connectivity index (χ1n) is 11.9. The lowest BCUT2D eigenvalue weighted by molar-refractivity contribution is -0.146. The Balaban J connectivity index is 1.35. The van der Waals surface area contributed by atoms with Crippen LogP contribution in [-0.2, 0) is 20.9 Å². The summed E-state index contributed by atoms with van der Waals surface area (Å²) in [6, 6.07) is 8.71. The van der Waals surface area contributed by atoms with Crippen LogP contribution in [0.25, 0.3) is 0 Å². The van der Waals surface area contributed by atoms with Crippen molar-refractivity contribution in [3.8, 4) is 0 Å². The van der Waals surface area contributed by atoms with Gasteiger partial charge in [0.1, 0.15) is 6.61 Å². The van der Waals surface area contributed by atoms with Gasteiger partial charge in [0.2, 0.25) is 0 Å². The van der Waals surface area contributed by atoms with Gasteiger partial charge in [0.25, 0.3) is 5.91 Å². The number of hydrogen-bond acceptors (Lipinski definition) is 8. The number of benzene rings is 1. The van der Waals surface area contributed by atoms with Crippen LogP contribution in [0.15, 0.2) is 35.3 Å². The number of nitrogens with zero attached hydrogens (tertiary/aromatic N) is 5. The highest BCUT2D eigenvalue weighted by Crippen LogP contribution is 2.26. The summed E-state index contributed by atoms with van der Waals surface area (Å²) in [5, 5.41) is 2.45. The second-order valence-electron chi connectivity index (χ2n) is 9.48. The first-order valence-corrected chi connectivity index (χ1v) is 11.9. The number of esters is 1. The Hall–Kier alpha value is -3.14. The molecule has 3 aliphatic rings. The van der Waals surface area contributed by atoms with Gasteiger partial charge in [-0.3, -0.25) is 19.8 Å². The van der Waals surface area contributed by atoms with E-state index >= 15 is 0 Å². The molecule has 34 heavy (non-hydrogen) atoms. The molecule has 184 valence electrons. The minimum Gasteiger partial charge on any atom is -0.460 e. The molecule has 0 bridgehead atoms. The van der Waals surface area contributed by atoms with Crippen LogP contribution in [0.3, 0.4) is 0 Å². The third-order valence-corrected chi connectivity index (χ3v) is 6.54. The smallest absolute Gasteiger partial charge is 0.325 e. The molecule has 2 fully saturated rings. The molecule has 10 nitrogen and oxygen atoms in total. The molecule has 0 aliphatic carbocycles. The molecule has 3 heterocycles. The van der Waals surface area contributed by atoms with E-state index in [1.807, 2.05) is 35.2 Å². The van der Waals surface area contributed by atoms with E-state index in [1.165, 1.54) is 4.90 Å². The number of ether oxygens (including phenoxy) is 1. The van der Waals surface area contributed by atoms with Crippen molar-refractivity contribution in [3.63, 3.8) is 0 Å². The van der Waals surface area contributed by atoms with E-state index in [0.29, 0.717) is 38.6 Å². The van der Waals surface area contributed by atoms with E-state index < -0.39 is 18.2 Å². The van der Waals surface area contributed by atoms with Crippen LogP contribution >= 0.6 is 0 Å². The number of hydrogen-bond donors (Lipinski definition) is 1. The average Bonchev–Trinajstić information content (AvgIpc) is 3.21. The predicted octanol–water partition coefficient (Wildman–Crippen LogP) is 0.941. The maximum absolute atomic E-state index is 12.7. The predicted molar refractivity (Wildman–Crippen MR) is 127 cm³/mol. The summed E-state index contributed by atoms with van der Waals surface area (Å²) in [5.74, 6) is 0.705. The number of guanidine groups is 1. The number of fused-ring (bicyclic) bond motifs is 1. The first kappa shape index (κ1) is 24.0. The summed E-state index contributed by atoms with van der Waals surface area (Å²) < 4.78 is 5.42. The topological polar surface area (TPSA) is 97.8 Å². The standard InChI is InChI=1S/C24H34N6O4/c1-17(2)9-10-30-20-21(27(3)24(33)26-22(20)32)25-23(30)29-13-11-28(12-14-29)15-19(31)34-16-18-7-5-4-6-8-18/h4-8,17,20-21H,9-16H2,1-3H3,(H,26,32,33). The molecule has 0 radical (unpaired) electrons. The fourth-order valence-corrected chi connectivity index (χ4v) is 4.48. The van der Waals surface area contributed by atoms with Gasteiger partial charge in [-0.2, -0.15) is 0 Å². The van der Waals surface area contributed by atoms with Gasteiger partial charge >= 0.3 is 12.0 Å². The largest absolute Gasteiger partial charge is 0.460 e. The van der Waals surface area contributed by atoms with Crippen molar-refractivity contribution >= 4 is 23.9 Å². The summed E-state index contributed by atoms with van der Waals surface area (Å²) in [6.07, 6.45) is 0.398. The Bertz CT molecular complexity index is 929. The normalized spacial score (nSPS) is 23.2. The molecule has 3 aliphatic heterocycles. The molecule has 2 unspecified atom stereocenters. The SMILES string of the molecule is CC(C)CCN1C(N2CCN(CC(=O)OCc3ccccc3)CC2)=NC2C1C(=O)NC(=O)N2C. The van der Waals surface area contributed by atoms with Crippen molar-refractivity contribution in [2.45, 2.75) is 39.1 Å². The van der Waals surface area contributed by atoms with Gasteiger partial charge in [-0.05, 0) is 17.9 Å². The highest BCUT2D eigenvalue weighted by molar-refractivity contribution is 6.03. The van der Waals surface area contributed by atoms with Crippen LogP contribution < -0.4 is 5.32 Å². The van der Waals surface area contributed by atoms with Crippen LogP contribution in [0.1, 0.15) is 25.8 Å². The summed E-state index contributed by atoms with van der Waals surface area (Å²) in [7, 11) is 1.67. The number of aliphatic imine (C=N–C) groups is 1. The van der Waals surface area contributed by atoms with E-state index in [4.69, 9.17) is 9.73 Å². The van der Waals surface area contributed by atoms with Gasteiger partial charge < -0.3 is 19.4 Å². The molecule has 1 N–H and O–H groups in total. The second-order valence-corrected chi connectivity index (χ2v) is 9.48. The highest BCUT2D eigenvalue weighted by atomic mass is 16.5. The molecule has 10 heteroatoms. The van der Waals surface area contributed by atoms with Crippen molar-refractivity contribution in [1.29, 1.82) is 0 Å². The Morgan fingerprint density at radius 2 is 1.85 bits per heavy atom. The van der Waals surface area contributed by atoms with E-state index in [2.05, 4.69) is 29.0 Å². The van der Waals surface area contributed by atoms with Crippen molar-refractivity contribution in [1.82, 2.24) is 24.9 Å². The van der Waals surface area contributed by atoms with E-state index in [-0.39, 0.29) is 25.0 Å². The molecular weight excluding hydrogens is 436 g/mol. The maximum atomic E-state index is 12.7. The Labute approximate surface area is 200 Å². The second kappa shape index (κ2) is 10.4. The third-order valence-electron chi connectivity index (χ3n) is 6.54. The zero-order chi connectivity index (χ0) is 24.2. The minimum atomic E-state index is -0.519. The van der Waals surface area contributed by atoms with E-state index in [0.717, 1.165) is 17.9 Å². The molecule has 2 saturated heterocycles. The van der Waals surface area contributed by atoms with Gasteiger partial charge in [0.15, 0.2) is 18.2 Å². The number of urea groups is 1. The molecule has 4 rings (SSSR count). The molecular formula is C24H34N6O4. The van der Waals surface area contributed by atoms with Crippen molar-refractivity contribution < 1.29 is 19.1 Å². The van der Waals surface area contributed by atoms with Crippen LogP contribution in [0, 0.1) is 5.92 Å². The van der Waals surface area contributed by atoms with Crippen LogP contribution in [0.4, 0.5) is 4.79 Å². The number of carbonyl (C=O) groups excluding carboxylic acids is 3. The molecule has 1 aromatic carbocycles. The van der Waals surface area contributed by atoms with Crippen molar-refractivity contribution in [2.75, 3.05) is 46.3 Å². The Kier molecular flexibility index (Phi) is 7.35. The minimum absolute atomic E-state index is 0.239. The zero-order valence-electron chi connectivity index (χ0n) is 20.1. The Morgan fingerprint density at radius 1 is 1.15 bits per heavy atom. The number of amides is 3. The maximum Gasteiger partial charge on any atom is 0.325 e.